The van der Waals surface area contributed by atoms with E-state index >= 15 is 0 Å². The van der Waals surface area contributed by atoms with E-state index in [-0.39, 0.29) is 5.92 Å². The number of hydrogen-bond acceptors (Lipinski definition) is 0. The van der Waals surface area contributed by atoms with E-state index in [0.717, 1.165) is 12.8 Å². The van der Waals surface area contributed by atoms with E-state index in [1.165, 1.54) is 82.8 Å². The van der Waals surface area contributed by atoms with Crippen molar-refractivity contribution in [1.29, 1.82) is 0 Å². The van der Waals surface area contributed by atoms with Crippen molar-refractivity contribution in [3.05, 3.63) is 169 Å². The van der Waals surface area contributed by atoms with E-state index in [4.69, 9.17) is 0 Å². The van der Waals surface area contributed by atoms with Crippen LogP contribution >= 0.6 is 0 Å². The minimum absolute atomic E-state index is 0.234. The molecule has 0 heterocycles. The molecule has 5 aromatic carbocycles. The Kier molecular flexibility index (Phi) is 6.36. The van der Waals surface area contributed by atoms with Gasteiger partial charge in [0.15, 0.2) is 0 Å². The molecule has 0 aliphatic heterocycles. The highest BCUT2D eigenvalue weighted by atomic mass is 14.3. The summed E-state index contributed by atoms with van der Waals surface area (Å²) in [4.78, 5) is 0. The largest absolute Gasteiger partial charge is 0.0720 e. The van der Waals surface area contributed by atoms with Gasteiger partial charge in [0.05, 0.1) is 0 Å². The molecule has 0 fully saturated rings. The van der Waals surface area contributed by atoms with Crippen LogP contribution in [0.25, 0.3) is 28.9 Å². The van der Waals surface area contributed by atoms with Crippen molar-refractivity contribution < 1.29 is 0 Å². The third-order valence-electron chi connectivity index (χ3n) is 9.18. The molecule has 0 nitrogen and oxygen atoms in total. The van der Waals surface area contributed by atoms with Crippen LogP contribution in [0.15, 0.2) is 103 Å². The minimum atomic E-state index is 0.234. The highest BCUT2D eigenvalue weighted by Crippen LogP contribution is 2.41. The topological polar surface area (TPSA) is 0 Å². The van der Waals surface area contributed by atoms with E-state index in [0.29, 0.717) is 0 Å². The fourth-order valence-electron chi connectivity index (χ4n) is 7.16. The number of rotatable bonds is 5. The Labute approximate surface area is 244 Å². The van der Waals surface area contributed by atoms with Crippen LogP contribution in [0.2, 0.25) is 0 Å². The summed E-state index contributed by atoms with van der Waals surface area (Å²) in [6.07, 6.45) is 9.33. The standard InChI is InChI=1S/C41H36/c1-5-28-19-20-34-31(23-28)24-37-36(34)25-38(40(29-13-9-7-10-14-29)30-15-11-8-12-16-30)32(6-2)41(37)35-22-21-33-26(3)17-18-27(4)39(33)35/h7-25,35H,5-6H2,1-4H3. The predicted molar refractivity (Wildman–Crippen MR) is 175 cm³/mol. The highest BCUT2D eigenvalue weighted by molar-refractivity contribution is 5.88. The first kappa shape index (κ1) is 25.5. The summed E-state index contributed by atoms with van der Waals surface area (Å²) in [5, 5.41) is 2.75. The number of benzene rings is 5. The number of hydrogen-bond donors (Lipinski definition) is 0. The molecule has 1 atom stereocenters. The average Bonchev–Trinajstić information content (AvgIpc) is 3.62. The molecule has 0 bridgehead atoms. The van der Waals surface area contributed by atoms with Crippen LogP contribution < -0.4 is 10.4 Å². The SMILES string of the molecule is CCc1ccc2c(c1)C=c1c-2cc(=C(c2ccccc2)c2ccccc2)c(CC)c1C1C=Cc2c(C)ccc(C)c21. The minimum Gasteiger partial charge on any atom is -0.0720 e. The molecule has 0 saturated heterocycles. The lowest BCUT2D eigenvalue weighted by Crippen LogP contribution is -2.27. The lowest BCUT2D eigenvalue weighted by Gasteiger charge is -2.22. The zero-order valence-electron chi connectivity index (χ0n) is 24.5. The maximum atomic E-state index is 2.50. The van der Waals surface area contributed by atoms with Gasteiger partial charge in [-0.2, -0.15) is 0 Å². The van der Waals surface area contributed by atoms with Crippen LogP contribution in [0.3, 0.4) is 0 Å². The first-order chi connectivity index (χ1) is 20.1. The molecule has 0 spiro atoms. The number of aryl methyl sites for hydroxylation is 3. The summed E-state index contributed by atoms with van der Waals surface area (Å²) in [5.74, 6) is 0.234. The highest BCUT2D eigenvalue weighted by Gasteiger charge is 2.29. The van der Waals surface area contributed by atoms with Crippen molar-refractivity contribution in [1.82, 2.24) is 0 Å². The second kappa shape index (κ2) is 10.2. The van der Waals surface area contributed by atoms with Crippen LogP contribution in [0.1, 0.15) is 75.4 Å². The maximum Gasteiger partial charge on any atom is 0.0290 e. The predicted octanol–water partition coefficient (Wildman–Crippen LogP) is 8.64. The summed E-state index contributed by atoms with van der Waals surface area (Å²) in [5.41, 5.74) is 17.8. The zero-order chi connectivity index (χ0) is 28.1. The smallest absolute Gasteiger partial charge is 0.0290 e. The van der Waals surface area contributed by atoms with Crippen molar-refractivity contribution in [3.8, 4) is 11.1 Å². The third-order valence-corrected chi connectivity index (χ3v) is 9.18. The van der Waals surface area contributed by atoms with Gasteiger partial charge in [0.1, 0.15) is 0 Å². The Bertz CT molecular complexity index is 1910. The van der Waals surface area contributed by atoms with Gasteiger partial charge in [0.25, 0.3) is 0 Å². The second-order valence-corrected chi connectivity index (χ2v) is 11.5. The third kappa shape index (κ3) is 4.13. The number of allylic oxidation sites excluding steroid dienone is 1. The fraction of sp³-hybridized carbons (Fsp3) is 0.171. The quantitative estimate of drug-likeness (QED) is 0.210. The summed E-state index contributed by atoms with van der Waals surface area (Å²) in [7, 11) is 0. The molecule has 2 aliphatic rings. The van der Waals surface area contributed by atoms with Crippen LogP contribution in [0.5, 0.6) is 0 Å². The monoisotopic (exact) mass is 528 g/mol. The molecule has 0 amide bonds. The van der Waals surface area contributed by atoms with Gasteiger partial charge in [-0.25, -0.2) is 0 Å². The van der Waals surface area contributed by atoms with Crippen molar-refractivity contribution in [2.24, 2.45) is 0 Å². The molecule has 41 heavy (non-hydrogen) atoms. The van der Waals surface area contributed by atoms with Gasteiger partial charge >= 0.3 is 0 Å². The lowest BCUT2D eigenvalue weighted by molar-refractivity contribution is 0.957. The molecule has 0 N–H and O–H groups in total. The van der Waals surface area contributed by atoms with Gasteiger partial charge in [0, 0.05) is 5.92 Å². The molecule has 2 aliphatic carbocycles. The molecule has 0 aromatic heterocycles. The Morgan fingerprint density at radius 3 is 2.00 bits per heavy atom. The summed E-state index contributed by atoms with van der Waals surface area (Å²) in [6, 6.07) is 36.1. The maximum absolute atomic E-state index is 2.50. The summed E-state index contributed by atoms with van der Waals surface area (Å²) < 4.78 is 0. The molecule has 200 valence electrons. The van der Waals surface area contributed by atoms with Gasteiger partial charge in [-0.3, -0.25) is 0 Å². The molecular formula is C41H36. The van der Waals surface area contributed by atoms with Crippen molar-refractivity contribution in [2.75, 3.05) is 0 Å². The van der Waals surface area contributed by atoms with Crippen molar-refractivity contribution >= 4 is 17.7 Å². The summed E-state index contributed by atoms with van der Waals surface area (Å²) >= 11 is 0. The van der Waals surface area contributed by atoms with E-state index in [2.05, 4.69) is 143 Å². The second-order valence-electron chi connectivity index (χ2n) is 11.5. The normalized spacial score (nSPS) is 14.4. The van der Waals surface area contributed by atoms with Crippen LogP contribution in [0.4, 0.5) is 0 Å². The Hall–Kier alpha value is -4.42. The Morgan fingerprint density at radius 2 is 1.34 bits per heavy atom. The molecular weight excluding hydrogens is 492 g/mol. The lowest BCUT2D eigenvalue weighted by atomic mass is 9.81. The van der Waals surface area contributed by atoms with Gasteiger partial charge in [0.2, 0.25) is 0 Å². The van der Waals surface area contributed by atoms with Gasteiger partial charge in [-0.1, -0.05) is 117 Å². The van der Waals surface area contributed by atoms with E-state index in [1.54, 1.807) is 0 Å². The van der Waals surface area contributed by atoms with Crippen molar-refractivity contribution in [3.63, 3.8) is 0 Å². The van der Waals surface area contributed by atoms with Crippen LogP contribution in [-0.4, -0.2) is 0 Å². The molecule has 5 aromatic rings. The Balaban J connectivity index is 1.66. The summed E-state index contributed by atoms with van der Waals surface area (Å²) in [6.45, 7) is 9.11. The van der Waals surface area contributed by atoms with Gasteiger partial charge in [-0.15, -0.1) is 0 Å². The van der Waals surface area contributed by atoms with Crippen LogP contribution in [-0.2, 0) is 12.8 Å². The van der Waals surface area contributed by atoms with E-state index in [1.807, 2.05) is 0 Å². The first-order valence-corrected chi connectivity index (χ1v) is 15.0. The molecule has 0 heteroatoms. The molecule has 7 rings (SSSR count). The molecule has 0 saturated carbocycles. The fourth-order valence-corrected chi connectivity index (χ4v) is 7.16. The first-order valence-electron chi connectivity index (χ1n) is 15.0. The Morgan fingerprint density at radius 1 is 0.659 bits per heavy atom. The molecule has 1 unspecified atom stereocenters. The van der Waals surface area contributed by atoms with E-state index < -0.39 is 0 Å². The molecule has 0 radical (unpaired) electrons. The number of fused-ring (bicyclic) bond motifs is 4. The van der Waals surface area contributed by atoms with E-state index in [9.17, 15) is 0 Å². The average molecular weight is 529 g/mol. The van der Waals surface area contributed by atoms with Gasteiger partial charge < -0.3 is 0 Å². The van der Waals surface area contributed by atoms with Gasteiger partial charge in [-0.05, 0) is 122 Å². The van der Waals surface area contributed by atoms with Crippen molar-refractivity contribution in [2.45, 2.75) is 46.5 Å². The van der Waals surface area contributed by atoms with Crippen LogP contribution in [0, 0.1) is 13.8 Å². The zero-order valence-corrected chi connectivity index (χ0v) is 24.5.